The van der Waals surface area contributed by atoms with Gasteiger partial charge < -0.3 is 9.84 Å². The summed E-state index contributed by atoms with van der Waals surface area (Å²) in [6.45, 7) is 3.51. The summed E-state index contributed by atoms with van der Waals surface area (Å²) in [6.07, 6.45) is 5.07. The first-order valence-corrected chi connectivity index (χ1v) is 4.99. The van der Waals surface area contributed by atoms with E-state index in [2.05, 4.69) is 0 Å². The summed E-state index contributed by atoms with van der Waals surface area (Å²) < 4.78 is 5.61. The lowest BCUT2D eigenvalue weighted by Gasteiger charge is -2.27. The van der Waals surface area contributed by atoms with Crippen molar-refractivity contribution in [3.8, 4) is 0 Å². The van der Waals surface area contributed by atoms with Crippen molar-refractivity contribution >= 4 is 5.97 Å². The first kappa shape index (κ1) is 10.5. The Morgan fingerprint density at radius 1 is 1.54 bits per heavy atom. The minimum absolute atomic E-state index is 0.168. The van der Waals surface area contributed by atoms with Crippen molar-refractivity contribution < 1.29 is 14.6 Å². The molecule has 3 nitrogen and oxygen atoms in total. The zero-order chi connectivity index (χ0) is 9.90. The number of rotatable bonds is 4. The molecule has 1 atom stereocenters. The van der Waals surface area contributed by atoms with Crippen LogP contribution in [0.3, 0.4) is 0 Å². The lowest BCUT2D eigenvalue weighted by molar-refractivity contribution is -0.171. The van der Waals surface area contributed by atoms with Crippen LogP contribution in [-0.2, 0) is 9.53 Å². The van der Waals surface area contributed by atoms with Crippen LogP contribution in [0.1, 0.15) is 46.0 Å². The fraction of sp³-hybridized carbons (Fsp3) is 0.900. The van der Waals surface area contributed by atoms with E-state index < -0.39 is 11.6 Å². The van der Waals surface area contributed by atoms with Gasteiger partial charge in [-0.1, -0.05) is 19.8 Å². The van der Waals surface area contributed by atoms with E-state index in [1.165, 1.54) is 12.8 Å². The summed E-state index contributed by atoms with van der Waals surface area (Å²) in [5.74, 6) is -0.845. The number of carboxylic acid groups (broad SMARTS) is 1. The Morgan fingerprint density at radius 2 is 2.08 bits per heavy atom. The van der Waals surface area contributed by atoms with Crippen LogP contribution in [0.5, 0.6) is 0 Å². The van der Waals surface area contributed by atoms with E-state index in [4.69, 9.17) is 9.84 Å². The number of carboxylic acids is 1. The standard InChI is InChI=1S/C10H18O3/c1-3-10(2,9(11)12)13-8-6-4-5-7-8/h8H,3-7H2,1-2H3,(H,11,12). The molecule has 0 aromatic rings. The molecule has 1 rings (SSSR count). The minimum atomic E-state index is -0.977. The topological polar surface area (TPSA) is 46.5 Å². The predicted molar refractivity (Wildman–Crippen MR) is 49.7 cm³/mol. The van der Waals surface area contributed by atoms with Gasteiger partial charge >= 0.3 is 5.97 Å². The van der Waals surface area contributed by atoms with Crippen molar-refractivity contribution in [3.63, 3.8) is 0 Å². The van der Waals surface area contributed by atoms with Gasteiger partial charge in [-0.3, -0.25) is 0 Å². The number of carbonyl (C=O) groups is 1. The van der Waals surface area contributed by atoms with Crippen LogP contribution in [-0.4, -0.2) is 22.8 Å². The molecule has 1 aliphatic carbocycles. The van der Waals surface area contributed by atoms with E-state index in [0.29, 0.717) is 6.42 Å². The molecule has 1 aliphatic rings. The van der Waals surface area contributed by atoms with Gasteiger partial charge in [-0.05, 0) is 26.2 Å². The van der Waals surface area contributed by atoms with Crippen molar-refractivity contribution in [1.29, 1.82) is 0 Å². The third-order valence-electron chi connectivity index (χ3n) is 2.86. The highest BCUT2D eigenvalue weighted by Crippen LogP contribution is 2.27. The molecule has 0 aliphatic heterocycles. The first-order chi connectivity index (χ1) is 6.08. The molecule has 0 bridgehead atoms. The maximum absolute atomic E-state index is 10.9. The average Bonchev–Trinajstić information content (AvgIpc) is 2.56. The highest BCUT2D eigenvalue weighted by Gasteiger charge is 2.35. The van der Waals surface area contributed by atoms with E-state index in [9.17, 15) is 4.79 Å². The van der Waals surface area contributed by atoms with Gasteiger partial charge in [-0.15, -0.1) is 0 Å². The second-order valence-electron chi connectivity index (χ2n) is 3.91. The van der Waals surface area contributed by atoms with Crippen LogP contribution in [0.25, 0.3) is 0 Å². The third kappa shape index (κ3) is 2.44. The molecule has 76 valence electrons. The van der Waals surface area contributed by atoms with Crippen LogP contribution < -0.4 is 0 Å². The van der Waals surface area contributed by atoms with E-state index in [0.717, 1.165) is 12.8 Å². The van der Waals surface area contributed by atoms with Gasteiger partial charge in [0.15, 0.2) is 5.60 Å². The van der Waals surface area contributed by atoms with E-state index in [1.54, 1.807) is 6.92 Å². The highest BCUT2D eigenvalue weighted by molar-refractivity contribution is 5.76. The van der Waals surface area contributed by atoms with Gasteiger partial charge in [0, 0.05) is 0 Å². The van der Waals surface area contributed by atoms with Crippen molar-refractivity contribution in [2.45, 2.75) is 57.7 Å². The molecule has 0 amide bonds. The normalized spacial score (nSPS) is 22.9. The lowest BCUT2D eigenvalue weighted by atomic mass is 10.0. The number of hydrogen-bond donors (Lipinski definition) is 1. The fourth-order valence-electron chi connectivity index (χ4n) is 1.66. The molecule has 0 aromatic heterocycles. The summed E-state index contributed by atoms with van der Waals surface area (Å²) in [4.78, 5) is 10.9. The fourth-order valence-corrected chi connectivity index (χ4v) is 1.66. The monoisotopic (exact) mass is 186 g/mol. The Hall–Kier alpha value is -0.570. The molecular formula is C10H18O3. The lowest BCUT2D eigenvalue weighted by Crippen LogP contribution is -2.40. The Kier molecular flexibility index (Phi) is 3.31. The van der Waals surface area contributed by atoms with Crippen molar-refractivity contribution in [2.75, 3.05) is 0 Å². The predicted octanol–water partition coefficient (Wildman–Crippen LogP) is 2.20. The minimum Gasteiger partial charge on any atom is -0.479 e. The third-order valence-corrected chi connectivity index (χ3v) is 2.86. The van der Waals surface area contributed by atoms with Gasteiger partial charge in [0.25, 0.3) is 0 Å². The Bertz CT molecular complexity index is 185. The molecule has 1 unspecified atom stereocenters. The summed E-state index contributed by atoms with van der Waals surface area (Å²) >= 11 is 0. The summed E-state index contributed by atoms with van der Waals surface area (Å²) in [5, 5.41) is 8.97. The van der Waals surface area contributed by atoms with Gasteiger partial charge in [0.2, 0.25) is 0 Å². The molecule has 1 saturated carbocycles. The first-order valence-electron chi connectivity index (χ1n) is 4.99. The summed E-state index contributed by atoms with van der Waals surface area (Å²) in [6, 6.07) is 0. The van der Waals surface area contributed by atoms with Crippen LogP contribution >= 0.6 is 0 Å². The van der Waals surface area contributed by atoms with Crippen molar-refractivity contribution in [2.24, 2.45) is 0 Å². The number of hydrogen-bond acceptors (Lipinski definition) is 2. The highest BCUT2D eigenvalue weighted by atomic mass is 16.5. The zero-order valence-corrected chi connectivity index (χ0v) is 8.38. The van der Waals surface area contributed by atoms with Crippen LogP contribution in [0.15, 0.2) is 0 Å². The van der Waals surface area contributed by atoms with Crippen molar-refractivity contribution in [1.82, 2.24) is 0 Å². The Balaban J connectivity index is 2.51. The second kappa shape index (κ2) is 4.09. The van der Waals surface area contributed by atoms with Gasteiger partial charge in [0.05, 0.1) is 6.10 Å². The van der Waals surface area contributed by atoms with Gasteiger partial charge in [0.1, 0.15) is 0 Å². The van der Waals surface area contributed by atoms with E-state index in [1.807, 2.05) is 6.92 Å². The largest absolute Gasteiger partial charge is 0.479 e. The van der Waals surface area contributed by atoms with Crippen LogP contribution in [0.4, 0.5) is 0 Å². The molecule has 1 N–H and O–H groups in total. The summed E-state index contributed by atoms with van der Waals surface area (Å²) in [5.41, 5.74) is -0.977. The number of ether oxygens (including phenoxy) is 1. The zero-order valence-electron chi connectivity index (χ0n) is 8.38. The van der Waals surface area contributed by atoms with E-state index in [-0.39, 0.29) is 6.10 Å². The molecule has 1 fully saturated rings. The maximum Gasteiger partial charge on any atom is 0.335 e. The molecule has 0 radical (unpaired) electrons. The Labute approximate surface area is 79.1 Å². The molecule has 0 spiro atoms. The summed E-state index contributed by atoms with van der Waals surface area (Å²) in [7, 11) is 0. The number of aliphatic carboxylic acids is 1. The van der Waals surface area contributed by atoms with Crippen molar-refractivity contribution in [3.05, 3.63) is 0 Å². The molecule has 13 heavy (non-hydrogen) atoms. The second-order valence-corrected chi connectivity index (χ2v) is 3.91. The Morgan fingerprint density at radius 3 is 2.46 bits per heavy atom. The van der Waals surface area contributed by atoms with Gasteiger partial charge in [-0.25, -0.2) is 4.79 Å². The maximum atomic E-state index is 10.9. The SMILES string of the molecule is CCC(C)(OC1CCCC1)C(=O)O. The smallest absolute Gasteiger partial charge is 0.335 e. The molecule has 3 heteroatoms. The van der Waals surface area contributed by atoms with Crippen LogP contribution in [0, 0.1) is 0 Å². The molecule has 0 heterocycles. The quantitative estimate of drug-likeness (QED) is 0.732. The molecular weight excluding hydrogens is 168 g/mol. The van der Waals surface area contributed by atoms with E-state index >= 15 is 0 Å². The van der Waals surface area contributed by atoms with Gasteiger partial charge in [-0.2, -0.15) is 0 Å². The molecule has 0 saturated heterocycles. The average molecular weight is 186 g/mol. The molecule has 0 aromatic carbocycles. The van der Waals surface area contributed by atoms with Crippen LogP contribution in [0.2, 0.25) is 0 Å².